The zero-order chi connectivity index (χ0) is 20.1. The summed E-state index contributed by atoms with van der Waals surface area (Å²) >= 11 is 0. The van der Waals surface area contributed by atoms with Gasteiger partial charge in [-0.05, 0) is 43.5 Å². The normalized spacial score (nSPS) is 13.5. The number of rotatable bonds is 7. The van der Waals surface area contributed by atoms with Gasteiger partial charge in [0, 0.05) is 24.2 Å². The van der Waals surface area contributed by atoms with Crippen molar-refractivity contribution in [3.05, 3.63) is 59.2 Å². The summed E-state index contributed by atoms with van der Waals surface area (Å²) in [6, 6.07) is 12.5. The Hall–Kier alpha value is -3.15. The van der Waals surface area contributed by atoms with E-state index >= 15 is 0 Å². The van der Waals surface area contributed by atoms with Crippen LogP contribution in [0.2, 0.25) is 0 Å². The maximum atomic E-state index is 12.4. The van der Waals surface area contributed by atoms with E-state index in [1.807, 2.05) is 32.0 Å². The van der Waals surface area contributed by atoms with Gasteiger partial charge in [-0.2, -0.15) is 0 Å². The molecule has 0 saturated carbocycles. The minimum atomic E-state index is -0.609. The summed E-state index contributed by atoms with van der Waals surface area (Å²) < 4.78 is 10.6. The number of carbonyl (C=O) groups is 3. The Morgan fingerprint density at radius 1 is 1.04 bits per heavy atom. The zero-order valence-corrected chi connectivity index (χ0v) is 16.1. The van der Waals surface area contributed by atoms with Gasteiger partial charge >= 0.3 is 5.97 Å². The molecule has 2 aromatic carbocycles. The first kappa shape index (κ1) is 19.6. The van der Waals surface area contributed by atoms with Gasteiger partial charge in [0.1, 0.15) is 5.75 Å². The summed E-state index contributed by atoms with van der Waals surface area (Å²) in [5, 5.41) is 0. The maximum absolute atomic E-state index is 12.4. The predicted octanol–water partition coefficient (Wildman–Crippen LogP) is 3.24. The van der Waals surface area contributed by atoms with Crippen LogP contribution in [0.4, 0.5) is 5.69 Å². The molecule has 1 saturated heterocycles. The monoisotopic (exact) mass is 381 g/mol. The fourth-order valence-corrected chi connectivity index (χ4v) is 3.20. The van der Waals surface area contributed by atoms with Crippen LogP contribution < -0.4 is 9.64 Å². The standard InChI is InChI=1S/C22H23NO5/c1-15-6-3-7-16(2)22(15)28-14-21(26)27-13-19(24)17-8-4-9-18(12-17)23-11-5-10-20(23)25/h3-4,6-9,12H,5,10-11,13-14H2,1-2H3. The molecule has 0 bridgehead atoms. The number of aryl methyl sites for hydroxylation is 2. The third kappa shape index (κ3) is 4.57. The van der Waals surface area contributed by atoms with Crippen LogP contribution in [0.1, 0.15) is 34.3 Å². The number of benzene rings is 2. The number of hydrogen-bond donors (Lipinski definition) is 0. The first-order chi connectivity index (χ1) is 13.5. The maximum Gasteiger partial charge on any atom is 0.344 e. The molecule has 0 atom stereocenters. The van der Waals surface area contributed by atoms with Crippen molar-refractivity contribution in [1.29, 1.82) is 0 Å². The Kier molecular flexibility index (Phi) is 6.09. The molecule has 3 rings (SSSR count). The number of Topliss-reactive ketones (excluding diaryl/α,β-unsaturated/α-hetero) is 1. The van der Waals surface area contributed by atoms with E-state index in [0.717, 1.165) is 17.5 Å². The molecule has 0 spiro atoms. The average Bonchev–Trinajstić information content (AvgIpc) is 3.11. The van der Waals surface area contributed by atoms with Gasteiger partial charge in [0.05, 0.1) is 0 Å². The Morgan fingerprint density at radius 2 is 1.75 bits per heavy atom. The van der Waals surface area contributed by atoms with E-state index in [1.165, 1.54) is 0 Å². The third-order valence-corrected chi connectivity index (χ3v) is 4.66. The van der Waals surface area contributed by atoms with Gasteiger partial charge in [0.2, 0.25) is 5.91 Å². The molecule has 2 aromatic rings. The van der Waals surface area contributed by atoms with Crippen molar-refractivity contribution < 1.29 is 23.9 Å². The molecule has 0 unspecified atom stereocenters. The molecular weight excluding hydrogens is 358 g/mol. The molecule has 28 heavy (non-hydrogen) atoms. The van der Waals surface area contributed by atoms with Crippen molar-refractivity contribution in [3.8, 4) is 5.75 Å². The number of ketones is 1. The number of anilines is 1. The fraction of sp³-hybridized carbons (Fsp3) is 0.318. The summed E-state index contributed by atoms with van der Waals surface area (Å²) in [6.07, 6.45) is 1.34. The molecule has 0 radical (unpaired) electrons. The summed E-state index contributed by atoms with van der Waals surface area (Å²) in [7, 11) is 0. The summed E-state index contributed by atoms with van der Waals surface area (Å²) in [6.45, 7) is 3.82. The summed E-state index contributed by atoms with van der Waals surface area (Å²) in [5.41, 5.74) is 2.95. The van der Waals surface area contributed by atoms with E-state index < -0.39 is 5.97 Å². The van der Waals surface area contributed by atoms with Crippen LogP contribution >= 0.6 is 0 Å². The van der Waals surface area contributed by atoms with E-state index in [0.29, 0.717) is 30.0 Å². The summed E-state index contributed by atoms with van der Waals surface area (Å²) in [4.78, 5) is 37.8. The van der Waals surface area contributed by atoms with Gasteiger partial charge in [-0.3, -0.25) is 9.59 Å². The lowest BCUT2D eigenvalue weighted by atomic mass is 10.1. The topological polar surface area (TPSA) is 72.9 Å². The van der Waals surface area contributed by atoms with Gasteiger partial charge in [-0.25, -0.2) is 4.79 Å². The number of esters is 1. The van der Waals surface area contributed by atoms with Crippen molar-refractivity contribution in [3.63, 3.8) is 0 Å². The number of nitrogens with zero attached hydrogens (tertiary/aromatic N) is 1. The first-order valence-corrected chi connectivity index (χ1v) is 9.24. The number of carbonyl (C=O) groups excluding carboxylic acids is 3. The Labute approximate surface area is 164 Å². The molecule has 1 fully saturated rings. The Balaban J connectivity index is 1.54. The van der Waals surface area contributed by atoms with Gasteiger partial charge in [0.15, 0.2) is 19.0 Å². The molecule has 0 N–H and O–H groups in total. The summed E-state index contributed by atoms with van der Waals surface area (Å²) in [5.74, 6) is -0.232. The molecule has 6 nitrogen and oxygen atoms in total. The highest BCUT2D eigenvalue weighted by Gasteiger charge is 2.22. The van der Waals surface area contributed by atoms with Crippen molar-refractivity contribution in [2.24, 2.45) is 0 Å². The molecule has 1 heterocycles. The first-order valence-electron chi connectivity index (χ1n) is 9.24. The second-order valence-electron chi connectivity index (χ2n) is 6.79. The molecule has 0 aromatic heterocycles. The van der Waals surface area contributed by atoms with Crippen molar-refractivity contribution >= 4 is 23.3 Å². The Morgan fingerprint density at radius 3 is 2.43 bits per heavy atom. The lowest BCUT2D eigenvalue weighted by molar-refractivity contribution is -0.144. The molecule has 0 aliphatic carbocycles. The van der Waals surface area contributed by atoms with Crippen LogP contribution in [-0.4, -0.2) is 37.4 Å². The van der Waals surface area contributed by atoms with Crippen LogP contribution in [0.3, 0.4) is 0 Å². The second kappa shape index (κ2) is 8.69. The molecule has 1 aliphatic heterocycles. The zero-order valence-electron chi connectivity index (χ0n) is 16.1. The Bertz CT molecular complexity index is 885. The predicted molar refractivity (Wildman–Crippen MR) is 105 cm³/mol. The van der Waals surface area contributed by atoms with Crippen LogP contribution in [-0.2, 0) is 14.3 Å². The van der Waals surface area contributed by atoms with Crippen molar-refractivity contribution in [1.82, 2.24) is 0 Å². The number of para-hydroxylation sites is 1. The SMILES string of the molecule is Cc1cccc(C)c1OCC(=O)OCC(=O)c1cccc(N2CCCC2=O)c1. The van der Waals surface area contributed by atoms with Gasteiger partial charge in [0.25, 0.3) is 0 Å². The highest BCUT2D eigenvalue weighted by molar-refractivity contribution is 6.01. The largest absolute Gasteiger partial charge is 0.481 e. The third-order valence-electron chi connectivity index (χ3n) is 4.66. The molecule has 6 heteroatoms. The minimum absolute atomic E-state index is 0.0553. The molecular formula is C22H23NO5. The van der Waals surface area contributed by atoms with E-state index in [4.69, 9.17) is 9.47 Å². The fourth-order valence-electron chi connectivity index (χ4n) is 3.20. The molecule has 146 valence electrons. The van der Waals surface area contributed by atoms with Gasteiger partial charge < -0.3 is 14.4 Å². The highest BCUT2D eigenvalue weighted by Crippen LogP contribution is 2.23. The minimum Gasteiger partial charge on any atom is -0.481 e. The highest BCUT2D eigenvalue weighted by atomic mass is 16.6. The quantitative estimate of drug-likeness (QED) is 0.544. The average molecular weight is 381 g/mol. The molecule has 1 aliphatic rings. The van der Waals surface area contributed by atoms with Crippen LogP contribution in [0.15, 0.2) is 42.5 Å². The smallest absolute Gasteiger partial charge is 0.344 e. The lowest BCUT2D eigenvalue weighted by Crippen LogP contribution is -2.24. The molecule has 1 amide bonds. The van der Waals surface area contributed by atoms with Crippen molar-refractivity contribution in [2.45, 2.75) is 26.7 Å². The van der Waals surface area contributed by atoms with E-state index in [1.54, 1.807) is 29.2 Å². The number of ether oxygens (including phenoxy) is 2. The number of hydrogen-bond acceptors (Lipinski definition) is 5. The number of amides is 1. The van der Waals surface area contributed by atoms with E-state index in [-0.39, 0.29) is 24.9 Å². The second-order valence-corrected chi connectivity index (χ2v) is 6.79. The van der Waals surface area contributed by atoms with Crippen LogP contribution in [0, 0.1) is 13.8 Å². The van der Waals surface area contributed by atoms with Crippen LogP contribution in [0.25, 0.3) is 0 Å². The van der Waals surface area contributed by atoms with Gasteiger partial charge in [-0.15, -0.1) is 0 Å². The van der Waals surface area contributed by atoms with Crippen molar-refractivity contribution in [2.75, 3.05) is 24.7 Å². The van der Waals surface area contributed by atoms with E-state index in [2.05, 4.69) is 0 Å². The van der Waals surface area contributed by atoms with E-state index in [9.17, 15) is 14.4 Å². The lowest BCUT2D eigenvalue weighted by Gasteiger charge is -2.16. The van der Waals surface area contributed by atoms with Gasteiger partial charge in [-0.1, -0.05) is 30.3 Å². The van der Waals surface area contributed by atoms with Crippen LogP contribution in [0.5, 0.6) is 5.75 Å².